The molecule has 0 aromatic heterocycles. The van der Waals surface area contributed by atoms with Gasteiger partial charge < -0.3 is 9.64 Å². The molecule has 164 valence electrons. The van der Waals surface area contributed by atoms with Gasteiger partial charge in [-0.1, -0.05) is 36.4 Å². The molecule has 2 saturated heterocycles. The Labute approximate surface area is 176 Å². The lowest BCUT2D eigenvalue weighted by Gasteiger charge is -2.37. The maximum Gasteiger partial charge on any atom is 0.419 e. The van der Waals surface area contributed by atoms with Crippen molar-refractivity contribution in [3.8, 4) is 0 Å². The Balaban J connectivity index is 1.44. The highest BCUT2D eigenvalue weighted by atomic mass is 19.4. The van der Waals surface area contributed by atoms with Crippen molar-refractivity contribution in [2.24, 2.45) is 5.92 Å². The van der Waals surface area contributed by atoms with Crippen LogP contribution in [0.2, 0.25) is 0 Å². The van der Waals surface area contributed by atoms with Crippen molar-refractivity contribution in [1.82, 2.24) is 4.90 Å². The summed E-state index contributed by atoms with van der Waals surface area (Å²) in [6.07, 6.45) is -3.41. The van der Waals surface area contributed by atoms with E-state index in [0.29, 0.717) is 18.9 Å². The van der Waals surface area contributed by atoms with Crippen LogP contribution in [0.15, 0.2) is 48.5 Å². The number of hydrogen-bond donors (Lipinski definition) is 0. The third kappa shape index (κ3) is 4.29. The fourth-order valence-electron chi connectivity index (χ4n) is 4.64. The second-order valence-corrected chi connectivity index (χ2v) is 8.03. The van der Waals surface area contributed by atoms with E-state index in [0.717, 1.165) is 17.7 Å². The minimum absolute atomic E-state index is 0.132. The molecule has 2 aromatic rings. The monoisotopic (exact) mass is 435 g/mol. The van der Waals surface area contributed by atoms with Gasteiger partial charge in [-0.2, -0.15) is 13.2 Å². The van der Waals surface area contributed by atoms with Crippen LogP contribution in [0.3, 0.4) is 0 Å². The summed E-state index contributed by atoms with van der Waals surface area (Å²) >= 11 is 0. The van der Waals surface area contributed by atoms with E-state index in [1.807, 2.05) is 30.3 Å². The summed E-state index contributed by atoms with van der Waals surface area (Å²) in [6, 6.07) is 11.5. The van der Waals surface area contributed by atoms with Crippen LogP contribution in [0.25, 0.3) is 0 Å². The zero-order valence-electron chi connectivity index (χ0n) is 16.6. The molecule has 0 aliphatic carbocycles. The molecule has 2 fully saturated rings. The van der Waals surface area contributed by atoms with Crippen LogP contribution in [0.4, 0.5) is 22.4 Å². The van der Waals surface area contributed by atoms with Gasteiger partial charge in [0, 0.05) is 18.0 Å². The molecule has 2 aliphatic rings. The molecular weight excluding hydrogens is 414 g/mol. The molecule has 2 bridgehead atoms. The average molecular weight is 435 g/mol. The maximum atomic E-state index is 14.4. The number of amides is 1. The summed E-state index contributed by atoms with van der Waals surface area (Å²) in [5.74, 6) is -2.80. The van der Waals surface area contributed by atoms with Crippen LogP contribution in [0.5, 0.6) is 0 Å². The van der Waals surface area contributed by atoms with Crippen molar-refractivity contribution >= 4 is 11.9 Å². The Morgan fingerprint density at radius 3 is 2.23 bits per heavy atom. The smallest absolute Gasteiger partial charge is 0.419 e. The van der Waals surface area contributed by atoms with Crippen molar-refractivity contribution in [2.75, 3.05) is 0 Å². The van der Waals surface area contributed by atoms with Crippen molar-refractivity contribution in [3.63, 3.8) is 0 Å². The minimum Gasteiger partial charge on any atom is -0.445 e. The molecule has 4 rings (SSSR count). The summed E-state index contributed by atoms with van der Waals surface area (Å²) in [7, 11) is 0. The van der Waals surface area contributed by atoms with Gasteiger partial charge in [0.25, 0.3) is 0 Å². The highest BCUT2D eigenvalue weighted by Gasteiger charge is 2.46. The van der Waals surface area contributed by atoms with E-state index in [-0.39, 0.29) is 31.5 Å². The van der Waals surface area contributed by atoms with E-state index in [1.54, 1.807) is 4.90 Å². The Hall–Kier alpha value is -2.90. The predicted octanol–water partition coefficient (Wildman–Crippen LogP) is 5.61. The molecule has 2 unspecified atom stereocenters. The standard InChI is InChI=1S/C23H21F4NO3/c24-20-18(7-4-8-19(20)23(25,26)27)21(29)15-11-16-9-10-17(12-15)28(16)22(30)31-13-14-5-2-1-3-6-14/h1-8,15-17H,9-13H2. The number of hydrogen-bond acceptors (Lipinski definition) is 3. The predicted molar refractivity (Wildman–Crippen MR) is 104 cm³/mol. The Morgan fingerprint density at radius 2 is 1.61 bits per heavy atom. The number of fused-ring (bicyclic) bond motifs is 2. The lowest BCUT2D eigenvalue weighted by molar-refractivity contribution is -0.140. The number of halogens is 4. The van der Waals surface area contributed by atoms with E-state index in [1.165, 1.54) is 0 Å². The van der Waals surface area contributed by atoms with E-state index >= 15 is 0 Å². The SMILES string of the molecule is O=C(c1cccc(C(F)(F)F)c1F)C1CC2CCC(C1)N2C(=O)OCc1ccccc1. The number of Topliss-reactive ketones (excluding diaryl/α,β-unsaturated/α-hetero) is 1. The molecule has 0 saturated carbocycles. The first-order valence-corrected chi connectivity index (χ1v) is 10.1. The van der Waals surface area contributed by atoms with Crippen LogP contribution in [0, 0.1) is 11.7 Å². The van der Waals surface area contributed by atoms with Crippen LogP contribution >= 0.6 is 0 Å². The van der Waals surface area contributed by atoms with E-state index in [4.69, 9.17) is 4.74 Å². The highest BCUT2D eigenvalue weighted by molar-refractivity contribution is 5.98. The topological polar surface area (TPSA) is 46.6 Å². The molecule has 2 aromatic carbocycles. The molecule has 4 nitrogen and oxygen atoms in total. The summed E-state index contributed by atoms with van der Waals surface area (Å²) in [5, 5.41) is 0. The van der Waals surface area contributed by atoms with E-state index in [9.17, 15) is 27.2 Å². The normalized spacial score (nSPS) is 23.0. The number of benzene rings is 2. The van der Waals surface area contributed by atoms with Crippen molar-refractivity contribution in [1.29, 1.82) is 0 Å². The lowest BCUT2D eigenvalue weighted by atomic mass is 9.84. The maximum absolute atomic E-state index is 14.4. The Morgan fingerprint density at radius 1 is 0.968 bits per heavy atom. The molecule has 2 aliphatic heterocycles. The highest BCUT2D eigenvalue weighted by Crippen LogP contribution is 2.41. The van der Waals surface area contributed by atoms with Gasteiger partial charge in [-0.15, -0.1) is 0 Å². The molecule has 2 heterocycles. The Bertz CT molecular complexity index is 963. The first-order chi connectivity index (χ1) is 14.8. The van der Waals surface area contributed by atoms with Gasteiger partial charge >= 0.3 is 12.3 Å². The van der Waals surface area contributed by atoms with Crippen LogP contribution in [-0.2, 0) is 17.5 Å². The fourth-order valence-corrected chi connectivity index (χ4v) is 4.64. The zero-order chi connectivity index (χ0) is 22.2. The lowest BCUT2D eigenvalue weighted by Crippen LogP contribution is -2.48. The molecule has 1 amide bonds. The van der Waals surface area contributed by atoms with Crippen molar-refractivity contribution in [2.45, 2.75) is 50.6 Å². The number of nitrogens with zero attached hydrogens (tertiary/aromatic N) is 1. The minimum atomic E-state index is -4.87. The number of rotatable bonds is 4. The van der Waals surface area contributed by atoms with E-state index in [2.05, 4.69) is 0 Å². The van der Waals surface area contributed by atoms with Gasteiger partial charge in [-0.05, 0) is 43.4 Å². The Kier molecular flexibility index (Phi) is 5.73. The second-order valence-electron chi connectivity index (χ2n) is 8.03. The molecule has 0 spiro atoms. The first kappa shape index (κ1) is 21.3. The van der Waals surface area contributed by atoms with Crippen molar-refractivity contribution < 1.29 is 31.9 Å². The summed E-state index contributed by atoms with van der Waals surface area (Å²) in [6.45, 7) is 0.132. The quantitative estimate of drug-likeness (QED) is 0.464. The largest absolute Gasteiger partial charge is 0.445 e. The third-order valence-corrected chi connectivity index (χ3v) is 6.09. The number of alkyl halides is 3. The number of piperidine rings is 1. The second kappa shape index (κ2) is 8.32. The van der Waals surface area contributed by atoms with Gasteiger partial charge in [0.15, 0.2) is 5.78 Å². The molecule has 8 heteroatoms. The van der Waals surface area contributed by atoms with Gasteiger partial charge in [0.2, 0.25) is 0 Å². The molecule has 2 atom stereocenters. The van der Waals surface area contributed by atoms with Crippen LogP contribution in [-0.4, -0.2) is 28.9 Å². The van der Waals surface area contributed by atoms with Crippen LogP contribution < -0.4 is 0 Å². The summed E-state index contributed by atoms with van der Waals surface area (Å²) in [5.41, 5.74) is -1.13. The average Bonchev–Trinajstić information content (AvgIpc) is 3.01. The van der Waals surface area contributed by atoms with Gasteiger partial charge in [-0.25, -0.2) is 9.18 Å². The molecule has 0 N–H and O–H groups in total. The summed E-state index contributed by atoms with van der Waals surface area (Å²) < 4.78 is 58.8. The van der Waals surface area contributed by atoms with Gasteiger partial charge in [0.05, 0.1) is 11.1 Å². The van der Waals surface area contributed by atoms with Crippen molar-refractivity contribution in [3.05, 3.63) is 71.0 Å². The zero-order valence-corrected chi connectivity index (χ0v) is 16.6. The third-order valence-electron chi connectivity index (χ3n) is 6.09. The summed E-state index contributed by atoms with van der Waals surface area (Å²) in [4.78, 5) is 27.1. The van der Waals surface area contributed by atoms with E-state index < -0.39 is 40.9 Å². The first-order valence-electron chi connectivity index (χ1n) is 10.1. The molecular formula is C23H21F4NO3. The number of carbonyl (C=O) groups excluding carboxylic acids is 2. The number of ketones is 1. The number of carbonyl (C=O) groups is 2. The van der Waals surface area contributed by atoms with Gasteiger partial charge in [-0.3, -0.25) is 4.79 Å². The van der Waals surface area contributed by atoms with Gasteiger partial charge in [0.1, 0.15) is 12.4 Å². The fraction of sp³-hybridized carbons (Fsp3) is 0.391. The molecule has 31 heavy (non-hydrogen) atoms. The molecule has 0 radical (unpaired) electrons. The number of ether oxygens (including phenoxy) is 1. The van der Waals surface area contributed by atoms with Crippen LogP contribution in [0.1, 0.15) is 47.2 Å².